The van der Waals surface area contributed by atoms with Crippen LogP contribution in [0.5, 0.6) is 0 Å². The molecule has 1 aromatic heterocycles. The van der Waals surface area contributed by atoms with Gasteiger partial charge in [0.2, 0.25) is 0 Å². The van der Waals surface area contributed by atoms with E-state index < -0.39 is 0 Å². The molecule has 0 radical (unpaired) electrons. The number of benzene rings is 1. The minimum Gasteiger partial charge on any atom is -0.238 e. The second-order valence-corrected chi connectivity index (χ2v) is 5.45. The number of hydrogen-bond donors (Lipinski definition) is 0. The lowest BCUT2D eigenvalue weighted by atomic mass is 9.95. The number of nitrogens with zero attached hydrogens (tertiary/aromatic N) is 4. The van der Waals surface area contributed by atoms with Crippen LogP contribution in [0, 0.1) is 6.92 Å². The lowest BCUT2D eigenvalue weighted by Gasteiger charge is -2.30. The summed E-state index contributed by atoms with van der Waals surface area (Å²) in [5, 5.41) is 11.3. The third-order valence-corrected chi connectivity index (χ3v) is 4.08. The van der Waals surface area contributed by atoms with Crippen molar-refractivity contribution in [3.05, 3.63) is 70.7 Å². The van der Waals surface area contributed by atoms with Crippen LogP contribution in [0.2, 0.25) is 0 Å². The summed E-state index contributed by atoms with van der Waals surface area (Å²) in [7, 11) is 0. The second kappa shape index (κ2) is 4.60. The Bertz CT molecular complexity index is 799. The van der Waals surface area contributed by atoms with Gasteiger partial charge in [-0.1, -0.05) is 42.0 Å². The first-order valence-corrected chi connectivity index (χ1v) is 7.19. The van der Waals surface area contributed by atoms with E-state index in [0.29, 0.717) is 0 Å². The summed E-state index contributed by atoms with van der Waals surface area (Å²) in [6, 6.07) is 10.1. The van der Waals surface area contributed by atoms with Crippen LogP contribution < -0.4 is 5.01 Å². The Morgan fingerprint density at radius 1 is 1.10 bits per heavy atom. The van der Waals surface area contributed by atoms with Crippen LogP contribution in [0.15, 0.2) is 59.3 Å². The minimum atomic E-state index is 0.778. The number of allylic oxidation sites excluding steroid dienone is 5. The molecule has 0 bridgehead atoms. The van der Waals surface area contributed by atoms with E-state index >= 15 is 0 Å². The normalized spacial score (nSPS) is 16.7. The van der Waals surface area contributed by atoms with Gasteiger partial charge in [0.15, 0.2) is 0 Å². The van der Waals surface area contributed by atoms with E-state index in [-0.39, 0.29) is 0 Å². The largest absolute Gasteiger partial charge is 0.238 e. The number of rotatable bonds is 1. The number of aromatic nitrogens is 3. The fraction of sp³-hybridized carbons (Fsp3) is 0.125. The molecule has 2 aromatic rings. The molecule has 2 aliphatic rings. The van der Waals surface area contributed by atoms with Crippen LogP contribution in [0.3, 0.4) is 0 Å². The van der Waals surface area contributed by atoms with Crippen molar-refractivity contribution >= 4 is 22.9 Å². The molecule has 0 fully saturated rings. The van der Waals surface area contributed by atoms with E-state index in [1.54, 1.807) is 0 Å². The highest BCUT2D eigenvalue weighted by atomic mass is 35.5. The Kier molecular flexibility index (Phi) is 2.72. The Morgan fingerprint density at radius 2 is 1.90 bits per heavy atom. The molecule has 0 unspecified atom stereocenters. The Morgan fingerprint density at radius 3 is 2.71 bits per heavy atom. The van der Waals surface area contributed by atoms with Crippen molar-refractivity contribution in [1.29, 1.82) is 0 Å². The zero-order valence-electron chi connectivity index (χ0n) is 11.5. The van der Waals surface area contributed by atoms with Crippen molar-refractivity contribution in [2.24, 2.45) is 0 Å². The quantitative estimate of drug-likeness (QED) is 0.805. The van der Waals surface area contributed by atoms with Gasteiger partial charge in [-0.25, -0.2) is 5.01 Å². The van der Waals surface area contributed by atoms with E-state index in [1.807, 2.05) is 59.3 Å². The van der Waals surface area contributed by atoms with Gasteiger partial charge in [-0.2, -0.15) is 0 Å². The third kappa shape index (κ3) is 1.83. The van der Waals surface area contributed by atoms with Crippen molar-refractivity contribution in [1.82, 2.24) is 15.1 Å². The lowest BCUT2D eigenvalue weighted by Crippen LogP contribution is -2.31. The van der Waals surface area contributed by atoms with Crippen molar-refractivity contribution < 1.29 is 0 Å². The zero-order chi connectivity index (χ0) is 14.4. The molecule has 4 nitrogen and oxygen atoms in total. The maximum absolute atomic E-state index is 6.40. The predicted molar refractivity (Wildman–Crippen MR) is 83.7 cm³/mol. The number of fused-ring (bicyclic) bond motifs is 3. The van der Waals surface area contributed by atoms with E-state index in [9.17, 15) is 0 Å². The fourth-order valence-electron chi connectivity index (χ4n) is 2.73. The monoisotopic (exact) mass is 296 g/mol. The molecule has 2 heterocycles. The van der Waals surface area contributed by atoms with E-state index in [2.05, 4.69) is 16.4 Å². The first-order valence-electron chi connectivity index (χ1n) is 6.81. The molecule has 4 rings (SSSR count). The van der Waals surface area contributed by atoms with Gasteiger partial charge in [0.1, 0.15) is 5.69 Å². The smallest absolute Gasteiger partial charge is 0.116 e. The maximum atomic E-state index is 6.40. The number of hydrogen-bond acceptors (Lipinski definition) is 3. The Labute approximate surface area is 127 Å². The highest BCUT2D eigenvalue weighted by molar-refractivity contribution is 6.34. The standard InChI is InChI=1S/C16H13ClN4/c1-11-16-13-8-5-9-15(17)14(13)10-20(21(16)19-18-11)12-6-3-2-4-7-12/h2-4,6-10H,5H2,1H3. The van der Waals surface area contributed by atoms with E-state index in [1.165, 1.54) is 0 Å². The highest BCUT2D eigenvalue weighted by Crippen LogP contribution is 2.39. The SMILES string of the molecule is Cc1nnn2c1C1=CCC=C(Cl)C1=CN2c1ccccc1. The van der Waals surface area contributed by atoms with Crippen LogP contribution in [0.25, 0.3) is 5.57 Å². The summed E-state index contributed by atoms with van der Waals surface area (Å²) in [5.41, 5.74) is 5.05. The van der Waals surface area contributed by atoms with Crippen LogP contribution in [0.1, 0.15) is 17.8 Å². The van der Waals surface area contributed by atoms with Crippen molar-refractivity contribution in [2.75, 3.05) is 5.01 Å². The number of anilines is 1. The summed E-state index contributed by atoms with van der Waals surface area (Å²) < 4.78 is 0. The molecule has 104 valence electrons. The van der Waals surface area contributed by atoms with E-state index in [0.717, 1.165) is 39.7 Å². The minimum absolute atomic E-state index is 0.778. The van der Waals surface area contributed by atoms with Crippen LogP contribution >= 0.6 is 11.6 Å². The summed E-state index contributed by atoms with van der Waals surface area (Å²) in [5.74, 6) is 0. The van der Waals surface area contributed by atoms with Gasteiger partial charge < -0.3 is 0 Å². The average molecular weight is 297 g/mol. The summed E-state index contributed by atoms with van der Waals surface area (Å²) in [6.45, 7) is 1.97. The molecule has 21 heavy (non-hydrogen) atoms. The van der Waals surface area contributed by atoms with Gasteiger partial charge in [0, 0.05) is 22.4 Å². The van der Waals surface area contributed by atoms with Crippen molar-refractivity contribution in [3.8, 4) is 0 Å². The van der Waals surface area contributed by atoms with Crippen LogP contribution in [-0.4, -0.2) is 15.1 Å². The maximum Gasteiger partial charge on any atom is 0.116 e. The Balaban J connectivity index is 1.96. The average Bonchev–Trinajstić information content (AvgIpc) is 2.90. The van der Waals surface area contributed by atoms with Crippen LogP contribution in [-0.2, 0) is 0 Å². The fourth-order valence-corrected chi connectivity index (χ4v) is 2.97. The highest BCUT2D eigenvalue weighted by Gasteiger charge is 2.29. The van der Waals surface area contributed by atoms with Gasteiger partial charge in [0.05, 0.1) is 11.4 Å². The summed E-state index contributed by atoms with van der Waals surface area (Å²) in [6.07, 6.45) is 7.04. The van der Waals surface area contributed by atoms with Gasteiger partial charge in [-0.15, -0.1) is 9.89 Å². The number of halogens is 1. The Hall–Kier alpha value is -2.33. The molecule has 1 aromatic carbocycles. The topological polar surface area (TPSA) is 34.0 Å². The molecular formula is C16H13ClN4. The molecule has 5 heteroatoms. The summed E-state index contributed by atoms with van der Waals surface area (Å²) in [4.78, 5) is 1.83. The van der Waals surface area contributed by atoms with Crippen LogP contribution in [0.4, 0.5) is 5.69 Å². The lowest BCUT2D eigenvalue weighted by molar-refractivity contribution is 0.643. The van der Waals surface area contributed by atoms with Gasteiger partial charge >= 0.3 is 0 Å². The predicted octanol–water partition coefficient (Wildman–Crippen LogP) is 3.66. The molecular weight excluding hydrogens is 284 g/mol. The molecule has 1 aliphatic heterocycles. The second-order valence-electron chi connectivity index (χ2n) is 5.04. The molecule has 0 N–H and O–H groups in total. The molecule has 0 amide bonds. The third-order valence-electron chi connectivity index (χ3n) is 3.72. The zero-order valence-corrected chi connectivity index (χ0v) is 12.2. The number of para-hydroxylation sites is 1. The molecule has 0 spiro atoms. The number of aryl methyl sites for hydroxylation is 1. The van der Waals surface area contributed by atoms with Gasteiger partial charge in [-0.3, -0.25) is 0 Å². The first kappa shape index (κ1) is 12.4. The molecule has 1 aliphatic carbocycles. The van der Waals surface area contributed by atoms with Crippen molar-refractivity contribution in [3.63, 3.8) is 0 Å². The van der Waals surface area contributed by atoms with Gasteiger partial charge in [0.25, 0.3) is 0 Å². The van der Waals surface area contributed by atoms with Gasteiger partial charge in [-0.05, 0) is 30.7 Å². The van der Waals surface area contributed by atoms with E-state index in [4.69, 9.17) is 11.6 Å². The molecule has 0 atom stereocenters. The molecule has 0 saturated heterocycles. The summed E-state index contributed by atoms with van der Waals surface area (Å²) >= 11 is 6.40. The van der Waals surface area contributed by atoms with Crippen molar-refractivity contribution in [2.45, 2.75) is 13.3 Å². The first-order chi connectivity index (χ1) is 10.3. The molecule has 0 saturated carbocycles.